The van der Waals surface area contributed by atoms with Crippen molar-refractivity contribution < 1.29 is 18.0 Å². The molecule has 0 unspecified atom stereocenters. The van der Waals surface area contributed by atoms with Gasteiger partial charge in [-0.05, 0) is 55.7 Å². The fourth-order valence-corrected chi connectivity index (χ4v) is 2.66. The Labute approximate surface area is 142 Å². The van der Waals surface area contributed by atoms with Gasteiger partial charge in [0.15, 0.2) is 11.5 Å². The van der Waals surface area contributed by atoms with Crippen molar-refractivity contribution in [1.29, 1.82) is 0 Å². The summed E-state index contributed by atoms with van der Waals surface area (Å²) in [6.07, 6.45) is -1.25. The van der Waals surface area contributed by atoms with E-state index in [9.17, 15) is 18.0 Å². The minimum absolute atomic E-state index is 0.145. The molecule has 1 N–H and O–H groups in total. The smallest absolute Gasteiger partial charge is 0.339 e. The number of likely N-dealkylation sites (tertiary alicyclic amines) is 1. The number of piperidine rings is 1. The first-order chi connectivity index (χ1) is 11.9. The van der Waals surface area contributed by atoms with Crippen molar-refractivity contribution in [2.45, 2.75) is 25.4 Å². The molecule has 2 heterocycles. The van der Waals surface area contributed by atoms with Crippen molar-refractivity contribution in [1.82, 2.24) is 15.1 Å². The van der Waals surface area contributed by atoms with Crippen LogP contribution < -0.4 is 5.32 Å². The first-order valence-corrected chi connectivity index (χ1v) is 8.01. The summed E-state index contributed by atoms with van der Waals surface area (Å²) in [6, 6.07) is 7.76. The molecule has 3 rings (SSSR count). The van der Waals surface area contributed by atoms with Gasteiger partial charge in [-0.25, -0.2) is 0 Å². The summed E-state index contributed by atoms with van der Waals surface area (Å²) in [6.45, 7) is 1.46. The molecule has 0 bridgehead atoms. The highest BCUT2D eigenvalue weighted by molar-refractivity contribution is 5.92. The average Bonchev–Trinajstić information content (AvgIpc) is 2.62. The number of amides is 1. The average molecular weight is 350 g/mol. The number of anilines is 2. The van der Waals surface area contributed by atoms with Crippen LogP contribution in [0.3, 0.4) is 0 Å². The van der Waals surface area contributed by atoms with Gasteiger partial charge in [-0.2, -0.15) is 13.2 Å². The van der Waals surface area contributed by atoms with Gasteiger partial charge in [-0.1, -0.05) is 0 Å². The van der Waals surface area contributed by atoms with Crippen molar-refractivity contribution in [2.24, 2.45) is 0 Å². The standard InChI is InChI=1S/C17H17F3N4O/c18-17(19,20)12-4-6-13(7-5-12)21-15-9-8-14(22-23-15)16(25)24-10-2-1-3-11-24/h4-9H,1-3,10-11H2,(H,21,23). The number of aromatic nitrogens is 2. The number of alkyl halides is 3. The van der Waals surface area contributed by atoms with Crippen molar-refractivity contribution in [2.75, 3.05) is 18.4 Å². The maximum absolute atomic E-state index is 12.5. The van der Waals surface area contributed by atoms with Crippen molar-refractivity contribution in [3.8, 4) is 0 Å². The fraction of sp³-hybridized carbons (Fsp3) is 0.353. The zero-order chi connectivity index (χ0) is 17.9. The molecule has 0 atom stereocenters. The first kappa shape index (κ1) is 17.2. The quantitative estimate of drug-likeness (QED) is 0.913. The lowest BCUT2D eigenvalue weighted by atomic mass is 10.1. The summed E-state index contributed by atoms with van der Waals surface area (Å²) in [7, 11) is 0. The zero-order valence-electron chi connectivity index (χ0n) is 13.4. The van der Waals surface area contributed by atoms with Gasteiger partial charge in [0, 0.05) is 18.8 Å². The Kier molecular flexibility index (Phi) is 4.87. The van der Waals surface area contributed by atoms with Gasteiger partial charge in [0.2, 0.25) is 0 Å². The predicted octanol–water partition coefficient (Wildman–Crippen LogP) is 3.87. The molecular weight excluding hydrogens is 333 g/mol. The van der Waals surface area contributed by atoms with Gasteiger partial charge in [0.25, 0.3) is 5.91 Å². The molecule has 1 amide bonds. The summed E-state index contributed by atoms with van der Waals surface area (Å²) >= 11 is 0. The molecule has 1 aromatic heterocycles. The number of nitrogens with one attached hydrogen (secondary N) is 1. The van der Waals surface area contributed by atoms with E-state index in [0.717, 1.165) is 44.5 Å². The Hall–Kier alpha value is -2.64. The number of halogens is 3. The Bertz CT molecular complexity index is 723. The molecule has 8 heteroatoms. The third-order valence-electron chi connectivity index (χ3n) is 4.01. The predicted molar refractivity (Wildman–Crippen MR) is 86.5 cm³/mol. The maximum Gasteiger partial charge on any atom is 0.416 e. The van der Waals surface area contributed by atoms with Crippen LogP contribution in [-0.2, 0) is 6.18 Å². The lowest BCUT2D eigenvalue weighted by Gasteiger charge is -2.26. The molecule has 1 aromatic carbocycles. The highest BCUT2D eigenvalue weighted by Gasteiger charge is 2.29. The lowest BCUT2D eigenvalue weighted by molar-refractivity contribution is -0.137. The Balaban J connectivity index is 1.65. The second-order valence-electron chi connectivity index (χ2n) is 5.86. The first-order valence-electron chi connectivity index (χ1n) is 8.01. The molecule has 0 spiro atoms. The van der Waals surface area contributed by atoms with Gasteiger partial charge in [0.1, 0.15) is 0 Å². The molecule has 132 valence electrons. The zero-order valence-corrected chi connectivity index (χ0v) is 13.4. The molecule has 1 aliphatic heterocycles. The number of benzene rings is 1. The third kappa shape index (κ3) is 4.26. The van der Waals surface area contributed by atoms with E-state index in [1.54, 1.807) is 17.0 Å². The van der Waals surface area contributed by atoms with Gasteiger partial charge in [-0.3, -0.25) is 4.79 Å². The number of nitrogens with zero attached hydrogens (tertiary/aromatic N) is 3. The largest absolute Gasteiger partial charge is 0.416 e. The van der Waals surface area contributed by atoms with Crippen molar-refractivity contribution in [3.05, 3.63) is 47.7 Å². The molecule has 1 aliphatic rings. The van der Waals surface area contributed by atoms with Crippen LogP contribution in [0.1, 0.15) is 35.3 Å². The van der Waals surface area contributed by atoms with Crippen LogP contribution in [0.25, 0.3) is 0 Å². The molecule has 5 nitrogen and oxygen atoms in total. The Morgan fingerprint density at radius 1 is 0.960 bits per heavy atom. The van der Waals surface area contributed by atoms with E-state index < -0.39 is 11.7 Å². The maximum atomic E-state index is 12.5. The summed E-state index contributed by atoms with van der Waals surface area (Å²) in [5, 5.41) is 10.7. The van der Waals surface area contributed by atoms with E-state index in [2.05, 4.69) is 15.5 Å². The Morgan fingerprint density at radius 3 is 2.20 bits per heavy atom. The van der Waals surface area contributed by atoms with Crippen molar-refractivity contribution >= 4 is 17.4 Å². The molecule has 0 aliphatic carbocycles. The number of carbonyl (C=O) groups is 1. The van der Waals surface area contributed by atoms with Crippen LogP contribution >= 0.6 is 0 Å². The normalized spacial score (nSPS) is 15.1. The number of carbonyl (C=O) groups excluding carboxylic acids is 1. The van der Waals surface area contributed by atoms with Crippen LogP contribution in [0.2, 0.25) is 0 Å². The van der Waals surface area contributed by atoms with Gasteiger partial charge in [0.05, 0.1) is 5.56 Å². The summed E-state index contributed by atoms with van der Waals surface area (Å²) in [4.78, 5) is 14.1. The third-order valence-corrected chi connectivity index (χ3v) is 4.01. The fourth-order valence-electron chi connectivity index (χ4n) is 2.66. The van der Waals surface area contributed by atoms with Crippen LogP contribution in [0.4, 0.5) is 24.7 Å². The molecular formula is C17H17F3N4O. The second kappa shape index (κ2) is 7.08. The van der Waals surface area contributed by atoms with Crippen LogP contribution in [0.15, 0.2) is 36.4 Å². The van der Waals surface area contributed by atoms with Crippen LogP contribution in [0.5, 0.6) is 0 Å². The van der Waals surface area contributed by atoms with E-state index in [-0.39, 0.29) is 11.6 Å². The van der Waals surface area contributed by atoms with E-state index in [0.29, 0.717) is 11.5 Å². The second-order valence-corrected chi connectivity index (χ2v) is 5.86. The van der Waals surface area contributed by atoms with Crippen LogP contribution in [0, 0.1) is 0 Å². The summed E-state index contributed by atoms with van der Waals surface area (Å²) in [5.74, 6) is 0.211. The summed E-state index contributed by atoms with van der Waals surface area (Å²) in [5.41, 5.74) is 0.00360. The molecule has 1 saturated heterocycles. The molecule has 2 aromatic rings. The van der Waals surface area contributed by atoms with E-state index in [1.165, 1.54) is 12.1 Å². The Morgan fingerprint density at radius 2 is 1.64 bits per heavy atom. The van der Waals surface area contributed by atoms with Gasteiger partial charge < -0.3 is 10.2 Å². The van der Waals surface area contributed by atoms with E-state index in [4.69, 9.17) is 0 Å². The number of rotatable bonds is 3. The molecule has 0 radical (unpaired) electrons. The van der Waals surface area contributed by atoms with E-state index in [1.807, 2.05) is 0 Å². The highest BCUT2D eigenvalue weighted by atomic mass is 19.4. The van der Waals surface area contributed by atoms with Gasteiger partial charge in [-0.15, -0.1) is 10.2 Å². The topological polar surface area (TPSA) is 58.1 Å². The summed E-state index contributed by atoms with van der Waals surface area (Å²) < 4.78 is 37.6. The molecule has 25 heavy (non-hydrogen) atoms. The van der Waals surface area contributed by atoms with E-state index >= 15 is 0 Å². The highest BCUT2D eigenvalue weighted by Crippen LogP contribution is 2.30. The van der Waals surface area contributed by atoms with Gasteiger partial charge >= 0.3 is 6.18 Å². The minimum Gasteiger partial charge on any atom is -0.339 e. The number of hydrogen-bond donors (Lipinski definition) is 1. The lowest BCUT2D eigenvalue weighted by Crippen LogP contribution is -2.36. The van der Waals surface area contributed by atoms with Crippen LogP contribution in [-0.4, -0.2) is 34.1 Å². The monoisotopic (exact) mass is 350 g/mol. The number of hydrogen-bond acceptors (Lipinski definition) is 4. The SMILES string of the molecule is O=C(c1ccc(Nc2ccc(C(F)(F)F)cc2)nn1)N1CCCCC1. The minimum atomic E-state index is -4.37. The van der Waals surface area contributed by atoms with Crippen molar-refractivity contribution in [3.63, 3.8) is 0 Å². The molecule has 0 saturated carbocycles. The molecule has 1 fully saturated rings.